The fourth-order valence-electron chi connectivity index (χ4n) is 2.59. The van der Waals surface area contributed by atoms with Gasteiger partial charge in [0.2, 0.25) is 10.0 Å². The van der Waals surface area contributed by atoms with Gasteiger partial charge in [-0.3, -0.25) is 0 Å². The van der Waals surface area contributed by atoms with Crippen LogP contribution in [0.2, 0.25) is 0 Å². The summed E-state index contributed by atoms with van der Waals surface area (Å²) in [6, 6.07) is 6.97. The lowest BCUT2D eigenvalue weighted by Gasteiger charge is -2.24. The van der Waals surface area contributed by atoms with Gasteiger partial charge in [-0.25, -0.2) is 13.1 Å². The summed E-state index contributed by atoms with van der Waals surface area (Å²) in [4.78, 5) is 0.332. The van der Waals surface area contributed by atoms with Crippen LogP contribution < -0.4 is 4.72 Å². The van der Waals surface area contributed by atoms with Crippen molar-refractivity contribution in [2.45, 2.75) is 49.5 Å². The average molecular weight is 302 g/mol. The van der Waals surface area contributed by atoms with Crippen LogP contribution in [0.4, 0.5) is 0 Å². The molecule has 5 heteroatoms. The molecule has 0 radical (unpaired) electrons. The summed E-state index contributed by atoms with van der Waals surface area (Å²) in [5, 5.41) is 0. The van der Waals surface area contributed by atoms with Crippen molar-refractivity contribution in [3.8, 4) is 0 Å². The molecule has 3 nitrogen and oxygen atoms in total. The maximum absolute atomic E-state index is 12.3. The molecule has 1 aliphatic carbocycles. The van der Waals surface area contributed by atoms with E-state index < -0.39 is 10.0 Å². The molecule has 0 atom stereocenters. The zero-order valence-corrected chi connectivity index (χ0v) is 12.7. The molecule has 1 saturated carbocycles. The summed E-state index contributed by atoms with van der Waals surface area (Å²) >= 11 is 5.67. The van der Waals surface area contributed by atoms with Gasteiger partial charge in [-0.2, -0.15) is 0 Å². The molecule has 1 aromatic carbocycles. The van der Waals surface area contributed by atoms with Crippen molar-refractivity contribution >= 4 is 21.6 Å². The third-order valence-corrected chi connectivity index (χ3v) is 5.55. The summed E-state index contributed by atoms with van der Waals surface area (Å²) in [6.07, 6.45) is 4.77. The Morgan fingerprint density at radius 2 is 1.79 bits per heavy atom. The van der Waals surface area contributed by atoms with Crippen molar-refractivity contribution < 1.29 is 8.42 Å². The van der Waals surface area contributed by atoms with Crippen molar-refractivity contribution in [1.29, 1.82) is 0 Å². The first kappa shape index (κ1) is 14.8. The van der Waals surface area contributed by atoms with Gasteiger partial charge in [-0.15, -0.1) is 11.6 Å². The van der Waals surface area contributed by atoms with E-state index in [2.05, 4.69) is 4.72 Å². The van der Waals surface area contributed by atoms with Crippen molar-refractivity contribution in [3.63, 3.8) is 0 Å². The fourth-order valence-corrected chi connectivity index (χ4v) is 4.27. The molecule has 0 aliphatic heterocycles. The second kappa shape index (κ2) is 5.81. The van der Waals surface area contributed by atoms with Gasteiger partial charge in [0.1, 0.15) is 0 Å². The Bertz CT molecular complexity index is 519. The number of alkyl halides is 1. The monoisotopic (exact) mass is 301 g/mol. The van der Waals surface area contributed by atoms with Crippen molar-refractivity contribution in [1.82, 2.24) is 4.72 Å². The number of rotatable bonds is 5. The highest BCUT2D eigenvalue weighted by Gasteiger charge is 2.33. The Morgan fingerprint density at radius 1 is 1.21 bits per heavy atom. The SMILES string of the molecule is CC1(NS(=O)(=O)c2ccc(CCCl)cc2)CCCC1. The number of benzene rings is 1. The van der Waals surface area contributed by atoms with Gasteiger partial charge in [-0.05, 0) is 43.9 Å². The maximum Gasteiger partial charge on any atom is 0.241 e. The van der Waals surface area contributed by atoms with Gasteiger partial charge in [-0.1, -0.05) is 25.0 Å². The predicted molar refractivity (Wildman–Crippen MR) is 78.1 cm³/mol. The quantitative estimate of drug-likeness (QED) is 0.850. The molecule has 1 aromatic rings. The van der Waals surface area contributed by atoms with E-state index in [4.69, 9.17) is 11.6 Å². The number of hydrogen-bond acceptors (Lipinski definition) is 2. The van der Waals surface area contributed by atoms with Crippen molar-refractivity contribution in [3.05, 3.63) is 29.8 Å². The average Bonchev–Trinajstić information content (AvgIpc) is 2.76. The minimum atomic E-state index is -3.42. The standard InChI is InChI=1S/C14H20ClNO2S/c1-14(9-2-3-10-14)16-19(17,18)13-6-4-12(5-7-13)8-11-15/h4-7,16H,2-3,8-11H2,1H3. The topological polar surface area (TPSA) is 46.2 Å². The van der Waals surface area contributed by atoms with Gasteiger partial charge in [0.25, 0.3) is 0 Å². The summed E-state index contributed by atoms with van der Waals surface area (Å²) in [7, 11) is -3.42. The number of hydrogen-bond donors (Lipinski definition) is 1. The third-order valence-electron chi connectivity index (χ3n) is 3.70. The van der Waals surface area contributed by atoms with E-state index in [1.165, 1.54) is 0 Å². The Balaban J connectivity index is 2.15. The normalized spacial score (nSPS) is 18.6. The highest BCUT2D eigenvalue weighted by molar-refractivity contribution is 7.89. The molecular weight excluding hydrogens is 282 g/mol. The van der Waals surface area contributed by atoms with Crippen LogP contribution in [0.1, 0.15) is 38.2 Å². The van der Waals surface area contributed by atoms with Gasteiger partial charge in [0.15, 0.2) is 0 Å². The lowest BCUT2D eigenvalue weighted by Crippen LogP contribution is -2.43. The highest BCUT2D eigenvalue weighted by Crippen LogP contribution is 2.30. The van der Waals surface area contributed by atoms with E-state index in [0.29, 0.717) is 10.8 Å². The van der Waals surface area contributed by atoms with Gasteiger partial charge >= 0.3 is 0 Å². The van der Waals surface area contributed by atoms with E-state index in [1.54, 1.807) is 12.1 Å². The third kappa shape index (κ3) is 3.71. The molecular formula is C14H20ClNO2S. The van der Waals surface area contributed by atoms with E-state index in [9.17, 15) is 8.42 Å². The number of sulfonamides is 1. The minimum absolute atomic E-state index is 0.284. The van der Waals surface area contributed by atoms with Crippen LogP contribution in [0, 0.1) is 0 Å². The summed E-state index contributed by atoms with van der Waals surface area (Å²) in [5.74, 6) is 0.544. The van der Waals surface area contributed by atoms with E-state index in [-0.39, 0.29) is 5.54 Å². The van der Waals surface area contributed by atoms with Crippen LogP contribution in [0.3, 0.4) is 0 Å². The minimum Gasteiger partial charge on any atom is -0.207 e. The van der Waals surface area contributed by atoms with Gasteiger partial charge in [0.05, 0.1) is 4.90 Å². The van der Waals surface area contributed by atoms with Crippen LogP contribution in [0.15, 0.2) is 29.2 Å². The van der Waals surface area contributed by atoms with Crippen LogP contribution in [-0.4, -0.2) is 19.8 Å². The second-order valence-electron chi connectivity index (χ2n) is 5.46. The number of nitrogens with one attached hydrogen (secondary N) is 1. The molecule has 0 aromatic heterocycles. The number of aryl methyl sites for hydroxylation is 1. The second-order valence-corrected chi connectivity index (χ2v) is 7.52. The zero-order chi connectivity index (χ0) is 13.9. The molecule has 0 saturated heterocycles. The van der Waals surface area contributed by atoms with Crippen LogP contribution in [-0.2, 0) is 16.4 Å². The molecule has 106 valence electrons. The molecule has 0 bridgehead atoms. The zero-order valence-electron chi connectivity index (χ0n) is 11.2. The van der Waals surface area contributed by atoms with Crippen molar-refractivity contribution in [2.75, 3.05) is 5.88 Å². The molecule has 0 amide bonds. The molecule has 2 rings (SSSR count). The molecule has 1 aliphatic rings. The van der Waals surface area contributed by atoms with Gasteiger partial charge in [0, 0.05) is 11.4 Å². The lowest BCUT2D eigenvalue weighted by atomic mass is 10.0. The predicted octanol–water partition coefficient (Wildman–Crippen LogP) is 3.08. The Hall–Kier alpha value is -0.580. The summed E-state index contributed by atoms with van der Waals surface area (Å²) in [5.41, 5.74) is 0.772. The van der Waals surface area contributed by atoms with Crippen molar-refractivity contribution in [2.24, 2.45) is 0 Å². The molecule has 19 heavy (non-hydrogen) atoms. The summed E-state index contributed by atoms with van der Waals surface area (Å²) in [6.45, 7) is 1.99. The van der Waals surface area contributed by atoms with E-state index in [0.717, 1.165) is 37.7 Å². The number of halogens is 1. The Kier molecular flexibility index (Phi) is 4.54. The van der Waals surface area contributed by atoms with Gasteiger partial charge < -0.3 is 0 Å². The molecule has 1 fully saturated rings. The fraction of sp³-hybridized carbons (Fsp3) is 0.571. The Morgan fingerprint density at radius 3 is 2.32 bits per heavy atom. The largest absolute Gasteiger partial charge is 0.241 e. The van der Waals surface area contributed by atoms with Crippen LogP contribution in [0.5, 0.6) is 0 Å². The molecule has 0 unspecified atom stereocenters. The molecule has 0 spiro atoms. The highest BCUT2D eigenvalue weighted by atomic mass is 35.5. The summed E-state index contributed by atoms with van der Waals surface area (Å²) < 4.78 is 27.5. The first-order valence-electron chi connectivity index (χ1n) is 6.64. The van der Waals surface area contributed by atoms with Crippen LogP contribution >= 0.6 is 11.6 Å². The van der Waals surface area contributed by atoms with E-state index >= 15 is 0 Å². The lowest BCUT2D eigenvalue weighted by molar-refractivity contribution is 0.427. The maximum atomic E-state index is 12.3. The first-order valence-corrected chi connectivity index (χ1v) is 8.66. The molecule has 1 N–H and O–H groups in total. The Labute approximate surface area is 120 Å². The smallest absolute Gasteiger partial charge is 0.207 e. The van der Waals surface area contributed by atoms with Crippen LogP contribution in [0.25, 0.3) is 0 Å². The first-order chi connectivity index (χ1) is 8.95. The molecule has 0 heterocycles. The van der Waals surface area contributed by atoms with E-state index in [1.807, 2.05) is 19.1 Å².